The molecule has 0 aromatic heterocycles. The van der Waals surface area contributed by atoms with Gasteiger partial charge in [0.05, 0.1) is 0 Å². The number of benzene rings is 3. The number of hydrogen-bond acceptors (Lipinski definition) is 22. The number of rotatable bonds is 40. The van der Waals surface area contributed by atoms with E-state index in [1.165, 1.54) is 5.56 Å². The predicted octanol–water partition coefficient (Wildman–Crippen LogP) is 13.3. The molecule has 3 aromatic carbocycles. The molecule has 0 radical (unpaired) electrons. The molecule has 0 aliphatic heterocycles. The van der Waals surface area contributed by atoms with E-state index in [9.17, 15) is 67.4 Å². The second-order valence-corrected chi connectivity index (χ2v) is 32.3. The number of aldehydes is 1. The number of unbranched alkanes of at least 4 members (excludes halogenated alkanes) is 3. The van der Waals surface area contributed by atoms with Crippen molar-refractivity contribution in [2.45, 2.75) is 345 Å². The first-order chi connectivity index (χ1) is 54.9. The van der Waals surface area contributed by atoms with Crippen molar-refractivity contribution < 1.29 is 106 Å². The second-order valence-electron chi connectivity index (χ2n) is 32.3. The zero-order chi connectivity index (χ0) is 91.5. The summed E-state index contributed by atoms with van der Waals surface area (Å²) in [6.45, 7) is 46.5. The Morgan fingerprint density at radius 2 is 0.585 bits per heavy atom. The highest BCUT2D eigenvalue weighted by atomic mass is 16.6. The van der Waals surface area contributed by atoms with E-state index in [0.717, 1.165) is 36.9 Å². The Kier molecular flexibility index (Phi) is 60.6. The molecule has 0 fully saturated rings. The van der Waals surface area contributed by atoms with Crippen LogP contribution >= 0.6 is 0 Å². The Labute approximate surface area is 702 Å². The van der Waals surface area contributed by atoms with Gasteiger partial charge in [0.25, 0.3) is 0 Å². The number of nitrogens with two attached hydrogens (primary N) is 1. The summed E-state index contributed by atoms with van der Waals surface area (Å²) in [6.07, 6.45) is 4.67. The van der Waals surface area contributed by atoms with Gasteiger partial charge in [-0.15, -0.1) is 0 Å². The van der Waals surface area contributed by atoms with E-state index in [1.54, 1.807) is 137 Å². The van der Waals surface area contributed by atoms with Crippen molar-refractivity contribution >= 4 is 78.1 Å². The predicted molar refractivity (Wildman–Crippen MR) is 456 cm³/mol. The van der Waals surface area contributed by atoms with Crippen molar-refractivity contribution in [1.82, 2.24) is 42.5 Å². The molecule has 31 heteroatoms. The van der Waals surface area contributed by atoms with Crippen LogP contribution in [0, 0.1) is 0 Å². The number of hydrogen-bond donors (Lipinski definition) is 12. The lowest BCUT2D eigenvalue weighted by Gasteiger charge is -2.27. The summed E-state index contributed by atoms with van der Waals surface area (Å²) in [5.74, 6) is -7.33. The molecule has 3 rings (SSSR count). The van der Waals surface area contributed by atoms with Crippen LogP contribution in [-0.4, -0.2) is 183 Å². The normalized spacial score (nSPS) is 12.5. The minimum Gasteiger partial charge on any atom is -0.481 e. The highest BCUT2D eigenvalue weighted by Crippen LogP contribution is 2.19. The van der Waals surface area contributed by atoms with E-state index in [0.29, 0.717) is 64.6 Å². The third-order valence-electron chi connectivity index (χ3n) is 14.4. The van der Waals surface area contributed by atoms with Crippen LogP contribution in [-0.2, 0) is 84.7 Å². The fourth-order valence-corrected chi connectivity index (χ4v) is 9.53. The fraction of sp³-hybridized carbons (Fsp3) is 0.644. The molecule has 3 aromatic rings. The number of carboxylic acid groups (broad SMARTS) is 3. The van der Waals surface area contributed by atoms with Gasteiger partial charge < -0.3 is 92.0 Å². The summed E-state index contributed by atoms with van der Waals surface area (Å²) in [5.41, 5.74) is 4.18. The van der Waals surface area contributed by atoms with Crippen molar-refractivity contribution in [2.75, 3.05) is 19.6 Å². The van der Waals surface area contributed by atoms with Crippen LogP contribution in [0.5, 0.6) is 0 Å². The van der Waals surface area contributed by atoms with Gasteiger partial charge in [0, 0.05) is 37.9 Å². The smallest absolute Gasteiger partial charge is 0.329 e. The third kappa shape index (κ3) is 67.3. The van der Waals surface area contributed by atoms with Gasteiger partial charge in [-0.05, 0) is 232 Å². The van der Waals surface area contributed by atoms with Gasteiger partial charge in [0.2, 0.25) is 0 Å². The SMILES string of the molecule is CC.CC.CC.CC(C)(C)OC(=O)CC[C@H](NC(=O)N[C@@H](CCCCN)C(=O)OC(C)(C)C)C(=O)OC(C)(C)C.CC(C)(C)OC(=O)CC[C@H](NC(=O)N[C@@H](CCCCNCc1ccccc1)C(=O)OC(C)(C)C)C(=O)OC(C)(C)C.O=C(O)CC[C@H](NC(=O)N[C@@H](CCCCNCc1ccccc1)C(=O)O)C(=O)O.O=Cc1ccccc1. The summed E-state index contributed by atoms with van der Waals surface area (Å²) >= 11 is 0. The van der Waals surface area contributed by atoms with Crippen LogP contribution in [0.3, 0.4) is 0 Å². The number of amides is 6. The van der Waals surface area contributed by atoms with E-state index < -0.39 is 148 Å². The van der Waals surface area contributed by atoms with Crippen LogP contribution in [0.15, 0.2) is 91.0 Å². The minimum atomic E-state index is -1.41. The second kappa shape index (κ2) is 62.4. The quantitative estimate of drug-likeness (QED) is 0.0109. The Morgan fingerprint density at radius 1 is 0.339 bits per heavy atom. The lowest BCUT2D eigenvalue weighted by molar-refractivity contribution is -0.160. The minimum absolute atomic E-state index is 0.0263. The monoisotopic (exact) mass is 1670 g/mol. The van der Waals surface area contributed by atoms with Gasteiger partial charge in [-0.1, -0.05) is 133 Å². The Hall–Kier alpha value is -9.75. The standard InChI is InChI=1S/C31H51N3O7.C24H45N3O7.C19H27N3O7.C7H6O.3C2H6/c1-29(2,3)39-25(35)19-18-24(27(37)41-31(7,8)9)34-28(38)33-23(26(36)40-30(4,5)6)17-13-14-20-32-21-22-15-11-10-12-16-22;1-22(2,3)32-18(28)14-13-17(20(30)34-24(7,8)9)27-21(31)26-16(12-10-11-15-25)19(29)33-23(4,5)6;23-16(24)10-9-15(18(27)28)22-19(29)21-14(17(25)26)8-4-5-11-20-12-13-6-2-1-3-7-13;8-6-7-4-2-1-3-5-7;3*1-2/h10-12,15-16,23-24,32H,13-14,17-21H2,1-9H3,(H2,33,34,38);16-17H,10-15,25H2,1-9H3,(H2,26,27,31);1-3,6-7,14-15,20H,4-5,8-12H2,(H,23,24)(H,25,26)(H,27,28)(H2,21,22,29);1-6H;3*1-2H3/t23-,24-;16-,17-;14-,15-;;;;/m000..../s1. The van der Waals surface area contributed by atoms with Gasteiger partial charge in [-0.2, -0.15) is 0 Å². The summed E-state index contributed by atoms with van der Waals surface area (Å²) in [7, 11) is 0. The first kappa shape index (κ1) is 115. The molecular formula is C87H147N9O22. The number of aliphatic carboxylic acids is 3. The van der Waals surface area contributed by atoms with Crippen LogP contribution in [0.1, 0.15) is 284 Å². The summed E-state index contributed by atoms with van der Waals surface area (Å²) < 4.78 is 32.4. The largest absolute Gasteiger partial charge is 0.481 e. The van der Waals surface area contributed by atoms with Gasteiger partial charge in [-0.25, -0.2) is 43.2 Å². The van der Waals surface area contributed by atoms with Gasteiger partial charge >= 0.3 is 71.8 Å². The maximum Gasteiger partial charge on any atom is 0.329 e. The topological polar surface area (TPSA) is 460 Å². The molecule has 0 heterocycles. The number of urea groups is 3. The van der Waals surface area contributed by atoms with Crippen molar-refractivity contribution in [3.8, 4) is 0 Å². The number of carbonyl (C=O) groups excluding carboxylic acids is 10. The number of esters is 6. The van der Waals surface area contributed by atoms with Gasteiger partial charge in [-0.3, -0.25) is 19.2 Å². The molecule has 6 atom stereocenters. The average Bonchev–Trinajstić information content (AvgIpc) is 0.870. The van der Waals surface area contributed by atoms with Gasteiger partial charge in [0.15, 0.2) is 0 Å². The van der Waals surface area contributed by atoms with Crippen LogP contribution in [0.4, 0.5) is 14.4 Å². The van der Waals surface area contributed by atoms with Crippen LogP contribution < -0.4 is 48.3 Å². The Morgan fingerprint density at radius 3 is 0.839 bits per heavy atom. The molecule has 0 saturated heterocycles. The molecule has 0 saturated carbocycles. The van der Waals surface area contributed by atoms with Crippen LogP contribution in [0.25, 0.3) is 0 Å². The van der Waals surface area contributed by atoms with E-state index in [4.69, 9.17) is 44.4 Å². The maximum atomic E-state index is 13.0. The van der Waals surface area contributed by atoms with Gasteiger partial charge in [0.1, 0.15) is 76.1 Å². The van der Waals surface area contributed by atoms with E-state index in [-0.39, 0.29) is 38.5 Å². The molecule has 6 amide bonds. The molecule has 118 heavy (non-hydrogen) atoms. The van der Waals surface area contributed by atoms with Crippen molar-refractivity contribution in [2.24, 2.45) is 5.73 Å². The summed E-state index contributed by atoms with van der Waals surface area (Å²) in [5, 5.41) is 48.2. The fourth-order valence-electron chi connectivity index (χ4n) is 9.53. The zero-order valence-corrected chi connectivity index (χ0v) is 75.0. The molecule has 31 nitrogen and oxygen atoms in total. The number of nitrogens with one attached hydrogen (secondary N) is 8. The highest BCUT2D eigenvalue weighted by molar-refractivity contribution is 5.89. The molecular weight excluding hydrogens is 1520 g/mol. The molecule has 13 N–H and O–H groups in total. The summed E-state index contributed by atoms with van der Waals surface area (Å²) in [6, 6.07) is 19.9. The lowest BCUT2D eigenvalue weighted by atomic mass is 10.1. The Balaban J connectivity index is -0.000000769. The highest BCUT2D eigenvalue weighted by Gasteiger charge is 2.34. The molecule has 0 aliphatic carbocycles. The van der Waals surface area contributed by atoms with Crippen molar-refractivity contribution in [3.63, 3.8) is 0 Å². The lowest BCUT2D eigenvalue weighted by Crippen LogP contribution is -2.53. The van der Waals surface area contributed by atoms with E-state index >= 15 is 0 Å². The number of carboxylic acids is 3. The maximum absolute atomic E-state index is 13.0. The number of ether oxygens (including phenoxy) is 6. The van der Waals surface area contributed by atoms with E-state index in [1.807, 2.05) is 120 Å². The molecule has 0 bridgehead atoms. The average molecular weight is 1670 g/mol. The molecule has 0 spiro atoms. The third-order valence-corrected chi connectivity index (χ3v) is 14.4. The van der Waals surface area contributed by atoms with Crippen molar-refractivity contribution in [1.29, 1.82) is 0 Å². The van der Waals surface area contributed by atoms with Crippen LogP contribution in [0.2, 0.25) is 0 Å². The summed E-state index contributed by atoms with van der Waals surface area (Å²) in [4.78, 5) is 156. The Bertz CT molecular complexity index is 3340. The molecule has 672 valence electrons. The first-order valence-electron chi connectivity index (χ1n) is 40.8. The molecule has 0 unspecified atom stereocenters. The van der Waals surface area contributed by atoms with E-state index in [2.05, 4.69) is 42.5 Å². The van der Waals surface area contributed by atoms with Crippen molar-refractivity contribution in [3.05, 3.63) is 108 Å². The first-order valence-corrected chi connectivity index (χ1v) is 40.8. The molecule has 0 aliphatic rings. The zero-order valence-electron chi connectivity index (χ0n) is 75.0. The number of carbonyl (C=O) groups is 13.